The van der Waals surface area contributed by atoms with Gasteiger partial charge in [-0.15, -0.1) is 0 Å². The van der Waals surface area contributed by atoms with Gasteiger partial charge in [0.1, 0.15) is 6.04 Å². The molecule has 1 unspecified atom stereocenters. The highest BCUT2D eigenvalue weighted by Crippen LogP contribution is 2.32. The number of halogens is 1. The van der Waals surface area contributed by atoms with E-state index in [0.717, 1.165) is 16.2 Å². The fourth-order valence-corrected chi connectivity index (χ4v) is 4.71. The first-order valence-corrected chi connectivity index (χ1v) is 11.8. The van der Waals surface area contributed by atoms with E-state index in [1.165, 1.54) is 0 Å². The van der Waals surface area contributed by atoms with Gasteiger partial charge in [-0.1, -0.05) is 54.1 Å². The summed E-state index contributed by atoms with van der Waals surface area (Å²) >= 11 is 6.27. The first kappa shape index (κ1) is 23.1. The van der Waals surface area contributed by atoms with Crippen LogP contribution in [-0.4, -0.2) is 55.0 Å². The van der Waals surface area contributed by atoms with Gasteiger partial charge in [0.2, 0.25) is 5.91 Å². The van der Waals surface area contributed by atoms with Gasteiger partial charge in [-0.05, 0) is 35.9 Å². The number of imide groups is 1. The minimum Gasteiger partial charge on any atom is -0.378 e. The van der Waals surface area contributed by atoms with Gasteiger partial charge < -0.3 is 15.0 Å². The number of carbonyl (C=O) groups is 3. The van der Waals surface area contributed by atoms with E-state index in [1.54, 1.807) is 36.4 Å². The number of hydrogen-bond acceptors (Lipinski definition) is 5. The van der Waals surface area contributed by atoms with E-state index in [4.69, 9.17) is 16.3 Å². The molecule has 1 atom stereocenters. The zero-order valence-electron chi connectivity index (χ0n) is 18.9. The molecule has 0 saturated carbocycles. The van der Waals surface area contributed by atoms with E-state index in [9.17, 15) is 14.4 Å². The molecule has 2 aliphatic heterocycles. The van der Waals surface area contributed by atoms with Gasteiger partial charge in [0, 0.05) is 24.5 Å². The van der Waals surface area contributed by atoms with Gasteiger partial charge in [0.05, 0.1) is 35.7 Å². The Balaban J connectivity index is 1.49. The maximum absolute atomic E-state index is 13.7. The molecule has 0 spiro atoms. The second-order valence-electron chi connectivity index (χ2n) is 8.48. The fraction of sp³-hybridized carbons (Fsp3) is 0.222. The molecule has 2 heterocycles. The lowest BCUT2D eigenvalue weighted by molar-refractivity contribution is -0.119. The van der Waals surface area contributed by atoms with E-state index >= 15 is 0 Å². The third-order valence-electron chi connectivity index (χ3n) is 6.28. The zero-order chi connectivity index (χ0) is 24.4. The quantitative estimate of drug-likeness (QED) is 0.529. The third kappa shape index (κ3) is 4.65. The Kier molecular flexibility index (Phi) is 6.53. The number of nitrogens with zero attached hydrogens (tertiary/aromatic N) is 2. The van der Waals surface area contributed by atoms with Crippen molar-refractivity contribution in [2.75, 3.05) is 36.5 Å². The lowest BCUT2D eigenvalue weighted by Gasteiger charge is -2.31. The molecule has 0 aliphatic carbocycles. The van der Waals surface area contributed by atoms with Crippen LogP contribution in [0.15, 0.2) is 72.8 Å². The van der Waals surface area contributed by atoms with Gasteiger partial charge in [-0.2, -0.15) is 0 Å². The summed E-state index contributed by atoms with van der Waals surface area (Å²) in [5, 5.41) is 3.43. The number of benzene rings is 3. The minimum absolute atomic E-state index is 0.186. The van der Waals surface area contributed by atoms with Gasteiger partial charge in [-0.25, -0.2) is 0 Å². The van der Waals surface area contributed by atoms with E-state index in [1.807, 2.05) is 36.4 Å². The van der Waals surface area contributed by atoms with Crippen molar-refractivity contribution in [3.8, 4) is 0 Å². The van der Waals surface area contributed by atoms with Gasteiger partial charge in [0.15, 0.2) is 0 Å². The molecule has 5 rings (SSSR count). The molecule has 3 aromatic carbocycles. The Morgan fingerprint density at radius 3 is 2.20 bits per heavy atom. The van der Waals surface area contributed by atoms with Crippen LogP contribution in [0.2, 0.25) is 5.02 Å². The third-order valence-corrected chi connectivity index (χ3v) is 6.52. The number of hydrogen-bond donors (Lipinski definition) is 1. The number of fused-ring (bicyclic) bond motifs is 1. The lowest BCUT2D eigenvalue weighted by Crippen LogP contribution is -2.48. The number of morpholine rings is 1. The van der Waals surface area contributed by atoms with Crippen molar-refractivity contribution >= 4 is 40.7 Å². The standard InChI is InChI=1S/C27H24ClN3O4/c28-19-10-11-23(30-12-14-35-15-13-30)22(17-19)29-25(32)24(16-18-6-2-1-3-7-18)31-26(33)20-8-4-5-9-21(20)27(31)34/h1-11,17,24H,12-16H2,(H,29,32). The molecule has 1 fully saturated rings. The molecule has 178 valence electrons. The summed E-state index contributed by atoms with van der Waals surface area (Å²) in [5.41, 5.74) is 2.79. The smallest absolute Gasteiger partial charge is 0.262 e. The largest absolute Gasteiger partial charge is 0.378 e. The molecule has 3 amide bonds. The van der Waals surface area contributed by atoms with Crippen molar-refractivity contribution in [1.29, 1.82) is 0 Å². The molecule has 1 N–H and O–H groups in total. The fourth-order valence-electron chi connectivity index (χ4n) is 4.53. The Morgan fingerprint density at radius 1 is 0.914 bits per heavy atom. The lowest BCUT2D eigenvalue weighted by atomic mass is 10.0. The first-order chi connectivity index (χ1) is 17.0. The normalized spacial score (nSPS) is 16.3. The Hall–Kier alpha value is -3.68. The summed E-state index contributed by atoms with van der Waals surface area (Å²) in [7, 11) is 0. The number of anilines is 2. The topological polar surface area (TPSA) is 79.0 Å². The highest BCUT2D eigenvalue weighted by atomic mass is 35.5. The van der Waals surface area contributed by atoms with Crippen molar-refractivity contribution in [3.63, 3.8) is 0 Å². The molecule has 3 aromatic rings. The Morgan fingerprint density at radius 2 is 1.54 bits per heavy atom. The molecule has 35 heavy (non-hydrogen) atoms. The molecule has 1 saturated heterocycles. The van der Waals surface area contributed by atoms with Crippen LogP contribution in [0.1, 0.15) is 26.3 Å². The van der Waals surface area contributed by atoms with Crippen LogP contribution < -0.4 is 10.2 Å². The second-order valence-corrected chi connectivity index (χ2v) is 8.92. The number of nitrogens with one attached hydrogen (secondary N) is 1. The van der Waals surface area contributed by atoms with Crippen molar-refractivity contribution in [1.82, 2.24) is 4.90 Å². The average molecular weight is 490 g/mol. The summed E-state index contributed by atoms with van der Waals surface area (Å²) in [4.78, 5) is 43.4. The van der Waals surface area contributed by atoms with Gasteiger partial charge in [0.25, 0.3) is 11.8 Å². The van der Waals surface area contributed by atoms with Crippen molar-refractivity contribution in [2.24, 2.45) is 0 Å². The summed E-state index contributed by atoms with van der Waals surface area (Å²) in [6, 6.07) is 20.3. The summed E-state index contributed by atoms with van der Waals surface area (Å²) in [5.74, 6) is -1.40. The van der Waals surface area contributed by atoms with Crippen LogP contribution in [0, 0.1) is 0 Å². The monoisotopic (exact) mass is 489 g/mol. The molecular formula is C27H24ClN3O4. The van der Waals surface area contributed by atoms with E-state index in [0.29, 0.717) is 48.1 Å². The summed E-state index contributed by atoms with van der Waals surface area (Å²) in [6.07, 6.45) is 0.186. The Labute approximate surface area is 208 Å². The maximum Gasteiger partial charge on any atom is 0.262 e. The number of rotatable bonds is 6. The molecule has 0 radical (unpaired) electrons. The summed E-state index contributed by atoms with van der Waals surface area (Å²) < 4.78 is 5.46. The van der Waals surface area contributed by atoms with Crippen LogP contribution >= 0.6 is 11.6 Å². The predicted octanol–water partition coefficient (Wildman–Crippen LogP) is 4.02. The van der Waals surface area contributed by atoms with Gasteiger partial charge in [-0.3, -0.25) is 19.3 Å². The van der Waals surface area contributed by atoms with Crippen LogP contribution in [-0.2, 0) is 16.0 Å². The van der Waals surface area contributed by atoms with Crippen LogP contribution in [0.25, 0.3) is 0 Å². The molecule has 8 heteroatoms. The van der Waals surface area contributed by atoms with Crippen molar-refractivity contribution in [2.45, 2.75) is 12.5 Å². The number of ether oxygens (including phenoxy) is 1. The van der Waals surface area contributed by atoms with E-state index in [-0.39, 0.29) is 6.42 Å². The highest BCUT2D eigenvalue weighted by Gasteiger charge is 2.42. The van der Waals surface area contributed by atoms with Crippen molar-refractivity contribution in [3.05, 3.63) is 94.5 Å². The molecule has 2 aliphatic rings. The van der Waals surface area contributed by atoms with Crippen LogP contribution in [0.4, 0.5) is 11.4 Å². The first-order valence-electron chi connectivity index (χ1n) is 11.5. The molecule has 0 aromatic heterocycles. The SMILES string of the molecule is O=C(Nc1cc(Cl)ccc1N1CCOCC1)C(Cc1ccccc1)N1C(=O)c2ccccc2C1=O. The molecule has 7 nitrogen and oxygen atoms in total. The second kappa shape index (κ2) is 9.90. The maximum atomic E-state index is 13.7. The highest BCUT2D eigenvalue weighted by molar-refractivity contribution is 6.31. The van der Waals surface area contributed by atoms with E-state index in [2.05, 4.69) is 10.2 Å². The predicted molar refractivity (Wildman–Crippen MR) is 134 cm³/mol. The summed E-state index contributed by atoms with van der Waals surface area (Å²) in [6.45, 7) is 2.52. The van der Waals surface area contributed by atoms with Crippen molar-refractivity contribution < 1.29 is 19.1 Å². The number of amides is 3. The van der Waals surface area contributed by atoms with Crippen LogP contribution in [0.3, 0.4) is 0 Å². The van der Waals surface area contributed by atoms with E-state index < -0.39 is 23.8 Å². The number of carbonyl (C=O) groups excluding carboxylic acids is 3. The van der Waals surface area contributed by atoms with Gasteiger partial charge >= 0.3 is 0 Å². The molecule has 0 bridgehead atoms. The Bertz CT molecular complexity index is 1240. The van der Waals surface area contributed by atoms with Crippen LogP contribution in [0.5, 0.6) is 0 Å². The average Bonchev–Trinajstić information content (AvgIpc) is 3.13. The minimum atomic E-state index is -1.04. The zero-order valence-corrected chi connectivity index (χ0v) is 19.7. The molecular weight excluding hydrogens is 466 g/mol.